The van der Waals surface area contributed by atoms with Crippen molar-refractivity contribution in [3.63, 3.8) is 0 Å². The number of fused-ring (bicyclic) bond motifs is 1. The second-order valence-corrected chi connectivity index (χ2v) is 4.72. The monoisotopic (exact) mass is 215 g/mol. The first-order chi connectivity index (χ1) is 7.45. The average molecular weight is 215 g/mol. The second-order valence-electron chi connectivity index (χ2n) is 3.94. The Bertz CT molecular complexity index is 447. The van der Waals surface area contributed by atoms with Crippen LogP contribution in [0.5, 0.6) is 0 Å². The molecule has 1 nitrogen and oxygen atoms in total. The first kappa shape index (κ1) is 9.13. The van der Waals surface area contributed by atoms with Gasteiger partial charge < -0.3 is 5.32 Å². The fourth-order valence-corrected chi connectivity index (χ4v) is 2.98. The summed E-state index contributed by atoms with van der Waals surface area (Å²) >= 11 is 1.78. The molecule has 0 radical (unpaired) electrons. The Morgan fingerprint density at radius 1 is 1.20 bits per heavy atom. The van der Waals surface area contributed by atoms with Crippen molar-refractivity contribution in [1.29, 1.82) is 0 Å². The van der Waals surface area contributed by atoms with E-state index in [9.17, 15) is 0 Å². The van der Waals surface area contributed by atoms with Crippen LogP contribution in [0.4, 0.5) is 0 Å². The van der Waals surface area contributed by atoms with E-state index in [1.54, 1.807) is 11.3 Å². The Kier molecular flexibility index (Phi) is 2.31. The molecule has 2 heteroatoms. The van der Waals surface area contributed by atoms with Gasteiger partial charge in [-0.05, 0) is 33.5 Å². The van der Waals surface area contributed by atoms with Crippen molar-refractivity contribution in [2.75, 3.05) is 6.54 Å². The summed E-state index contributed by atoms with van der Waals surface area (Å²) in [7, 11) is 0. The summed E-state index contributed by atoms with van der Waals surface area (Å²) in [6, 6.07) is 11.0. The summed E-state index contributed by atoms with van der Waals surface area (Å²) in [6.45, 7) is 2.07. The van der Waals surface area contributed by atoms with E-state index in [4.69, 9.17) is 0 Å². The van der Waals surface area contributed by atoms with Crippen molar-refractivity contribution in [2.45, 2.75) is 12.5 Å². The van der Waals surface area contributed by atoms with Crippen LogP contribution in [-0.2, 0) is 6.54 Å². The zero-order valence-electron chi connectivity index (χ0n) is 8.44. The van der Waals surface area contributed by atoms with Gasteiger partial charge in [-0.25, -0.2) is 0 Å². The van der Waals surface area contributed by atoms with E-state index in [1.807, 2.05) is 0 Å². The number of rotatable bonds is 1. The zero-order valence-corrected chi connectivity index (χ0v) is 9.26. The highest BCUT2D eigenvalue weighted by Gasteiger charge is 2.20. The smallest absolute Gasteiger partial charge is 0.0226 e. The minimum Gasteiger partial charge on any atom is -0.312 e. The van der Waals surface area contributed by atoms with Crippen molar-refractivity contribution < 1.29 is 0 Å². The molecule has 1 atom stereocenters. The molecular formula is C13H13NS. The predicted molar refractivity (Wildman–Crippen MR) is 64.3 cm³/mol. The molecule has 1 aromatic carbocycles. The molecule has 0 spiro atoms. The van der Waals surface area contributed by atoms with Crippen molar-refractivity contribution >= 4 is 11.3 Å². The van der Waals surface area contributed by atoms with Gasteiger partial charge in [0.1, 0.15) is 0 Å². The average Bonchev–Trinajstić information content (AvgIpc) is 2.82. The Morgan fingerprint density at radius 3 is 3.00 bits per heavy atom. The van der Waals surface area contributed by atoms with Gasteiger partial charge in [0.15, 0.2) is 0 Å². The van der Waals surface area contributed by atoms with Crippen LogP contribution < -0.4 is 5.32 Å². The minimum atomic E-state index is 0.543. The molecule has 1 aliphatic heterocycles. The van der Waals surface area contributed by atoms with E-state index in [0.29, 0.717) is 5.92 Å². The van der Waals surface area contributed by atoms with E-state index >= 15 is 0 Å². The first-order valence-electron chi connectivity index (χ1n) is 5.26. The van der Waals surface area contributed by atoms with Gasteiger partial charge in [-0.15, -0.1) is 0 Å². The topological polar surface area (TPSA) is 12.0 Å². The first-order valence-corrected chi connectivity index (χ1v) is 6.20. The van der Waals surface area contributed by atoms with Crippen LogP contribution in [0, 0.1) is 0 Å². The lowest BCUT2D eigenvalue weighted by Crippen LogP contribution is -2.28. The van der Waals surface area contributed by atoms with E-state index in [-0.39, 0.29) is 0 Å². The quantitative estimate of drug-likeness (QED) is 0.771. The molecule has 1 aliphatic rings. The Balaban J connectivity index is 2.06. The second kappa shape index (κ2) is 3.80. The Labute approximate surface area is 93.8 Å². The van der Waals surface area contributed by atoms with Crippen molar-refractivity contribution in [3.8, 4) is 0 Å². The van der Waals surface area contributed by atoms with Crippen molar-refractivity contribution in [1.82, 2.24) is 5.32 Å². The van der Waals surface area contributed by atoms with Gasteiger partial charge in [-0.3, -0.25) is 0 Å². The molecule has 15 heavy (non-hydrogen) atoms. The number of thiophene rings is 1. The number of nitrogens with one attached hydrogen (secondary N) is 1. The van der Waals surface area contributed by atoms with Crippen LogP contribution in [0.3, 0.4) is 0 Å². The number of benzene rings is 1. The Morgan fingerprint density at radius 2 is 2.13 bits per heavy atom. The fourth-order valence-electron chi connectivity index (χ4n) is 2.27. The summed E-state index contributed by atoms with van der Waals surface area (Å²) in [4.78, 5) is 0. The van der Waals surface area contributed by atoms with Crippen LogP contribution in [-0.4, -0.2) is 6.54 Å². The van der Waals surface area contributed by atoms with Gasteiger partial charge in [-0.1, -0.05) is 24.3 Å². The van der Waals surface area contributed by atoms with Gasteiger partial charge >= 0.3 is 0 Å². The summed E-state index contributed by atoms with van der Waals surface area (Å²) in [5.41, 5.74) is 4.38. The lowest BCUT2D eigenvalue weighted by atomic mass is 9.87. The molecule has 0 saturated carbocycles. The number of hydrogen-bond acceptors (Lipinski definition) is 2. The molecule has 0 saturated heterocycles. The van der Waals surface area contributed by atoms with Crippen LogP contribution in [0.25, 0.3) is 0 Å². The molecule has 0 fully saturated rings. The molecule has 1 aromatic heterocycles. The molecule has 2 aromatic rings. The largest absolute Gasteiger partial charge is 0.312 e. The van der Waals surface area contributed by atoms with Crippen molar-refractivity contribution in [2.24, 2.45) is 0 Å². The molecule has 0 aliphatic carbocycles. The maximum Gasteiger partial charge on any atom is 0.0226 e. The lowest BCUT2D eigenvalue weighted by Gasteiger charge is -2.25. The van der Waals surface area contributed by atoms with Gasteiger partial charge in [0.2, 0.25) is 0 Å². The van der Waals surface area contributed by atoms with Gasteiger partial charge in [0, 0.05) is 19.0 Å². The van der Waals surface area contributed by atoms with Crippen LogP contribution >= 0.6 is 11.3 Å². The lowest BCUT2D eigenvalue weighted by molar-refractivity contribution is 0.592. The highest BCUT2D eigenvalue weighted by atomic mass is 32.1. The fraction of sp³-hybridized carbons (Fsp3) is 0.231. The Hall–Kier alpha value is -1.12. The van der Waals surface area contributed by atoms with Gasteiger partial charge in [-0.2, -0.15) is 11.3 Å². The van der Waals surface area contributed by atoms with Gasteiger partial charge in [0.25, 0.3) is 0 Å². The van der Waals surface area contributed by atoms with Crippen LogP contribution in [0.2, 0.25) is 0 Å². The third-order valence-corrected chi connectivity index (χ3v) is 3.74. The van der Waals surface area contributed by atoms with E-state index < -0.39 is 0 Å². The van der Waals surface area contributed by atoms with E-state index in [2.05, 4.69) is 46.4 Å². The van der Waals surface area contributed by atoms with E-state index in [0.717, 1.165) is 13.1 Å². The third kappa shape index (κ3) is 1.60. The van der Waals surface area contributed by atoms with Gasteiger partial charge in [0.05, 0.1) is 0 Å². The minimum absolute atomic E-state index is 0.543. The zero-order chi connectivity index (χ0) is 10.1. The number of hydrogen-bond donors (Lipinski definition) is 1. The van der Waals surface area contributed by atoms with Crippen LogP contribution in [0.15, 0.2) is 41.1 Å². The van der Waals surface area contributed by atoms with E-state index in [1.165, 1.54) is 16.7 Å². The van der Waals surface area contributed by atoms with Crippen molar-refractivity contribution in [3.05, 3.63) is 57.8 Å². The summed E-state index contributed by atoms with van der Waals surface area (Å²) in [5.74, 6) is 0.543. The molecule has 3 rings (SSSR count). The molecule has 0 amide bonds. The third-order valence-electron chi connectivity index (χ3n) is 3.04. The molecular weight excluding hydrogens is 202 g/mol. The maximum atomic E-state index is 3.48. The summed E-state index contributed by atoms with van der Waals surface area (Å²) in [6.07, 6.45) is 0. The standard InChI is InChI=1S/C13H13NS/c1-2-4-12-10(3-1)7-14-8-13(12)11-5-6-15-9-11/h1-6,9,13-14H,7-8H2/t13-/m1/s1. The predicted octanol–water partition coefficient (Wildman–Crippen LogP) is 2.98. The molecule has 0 unspecified atom stereocenters. The SMILES string of the molecule is c1ccc2c(c1)CNC[C@@H]2c1ccsc1. The van der Waals surface area contributed by atoms with Crippen LogP contribution in [0.1, 0.15) is 22.6 Å². The molecule has 2 heterocycles. The summed E-state index contributed by atoms with van der Waals surface area (Å²) in [5, 5.41) is 7.90. The highest BCUT2D eigenvalue weighted by Crippen LogP contribution is 2.30. The maximum absolute atomic E-state index is 3.48. The highest BCUT2D eigenvalue weighted by molar-refractivity contribution is 7.08. The normalized spacial score (nSPS) is 19.9. The molecule has 76 valence electrons. The summed E-state index contributed by atoms with van der Waals surface area (Å²) < 4.78 is 0. The molecule has 1 N–H and O–H groups in total. The molecule has 0 bridgehead atoms.